The van der Waals surface area contributed by atoms with Gasteiger partial charge in [0.1, 0.15) is 0 Å². The van der Waals surface area contributed by atoms with Gasteiger partial charge in [-0.2, -0.15) is 5.26 Å². The molecule has 1 N–H and O–H groups in total. The lowest BCUT2D eigenvalue weighted by Crippen LogP contribution is -2.03. The van der Waals surface area contributed by atoms with Gasteiger partial charge < -0.3 is 5.32 Å². The van der Waals surface area contributed by atoms with Crippen molar-refractivity contribution in [3.63, 3.8) is 0 Å². The Kier molecular flexibility index (Phi) is 5.00. The number of halogens is 1. The van der Waals surface area contributed by atoms with Gasteiger partial charge in [0, 0.05) is 16.7 Å². The number of nitriles is 1. The van der Waals surface area contributed by atoms with E-state index < -0.39 is 0 Å². The summed E-state index contributed by atoms with van der Waals surface area (Å²) in [4.78, 5) is 0. The molecule has 0 heterocycles. The van der Waals surface area contributed by atoms with Crippen LogP contribution < -0.4 is 5.32 Å². The van der Waals surface area contributed by atoms with Crippen LogP contribution in [0.5, 0.6) is 0 Å². The molecule has 0 aliphatic heterocycles. The van der Waals surface area contributed by atoms with E-state index in [1.54, 1.807) is 0 Å². The van der Waals surface area contributed by atoms with Crippen molar-refractivity contribution < 1.29 is 0 Å². The molecule has 0 aliphatic carbocycles. The summed E-state index contributed by atoms with van der Waals surface area (Å²) in [6.07, 6.45) is 2.13. The summed E-state index contributed by atoms with van der Waals surface area (Å²) < 4.78 is 0.928. The molecule has 0 radical (unpaired) electrons. The predicted octanol–water partition coefficient (Wildman–Crippen LogP) is 4.37. The largest absolute Gasteiger partial charge is 0.385 e. The van der Waals surface area contributed by atoms with Crippen LogP contribution in [0.25, 0.3) is 0 Å². The Morgan fingerprint density at radius 2 is 1.89 bits per heavy atom. The second kappa shape index (κ2) is 6.96. The van der Waals surface area contributed by atoms with Gasteiger partial charge in [0.2, 0.25) is 0 Å². The van der Waals surface area contributed by atoms with Crippen molar-refractivity contribution in [3.8, 4) is 6.07 Å². The fourth-order valence-corrected chi connectivity index (χ4v) is 2.42. The number of anilines is 1. The number of aryl methyl sites for hydroxylation is 1. The highest BCUT2D eigenvalue weighted by molar-refractivity contribution is 9.10. The van der Waals surface area contributed by atoms with E-state index in [0.717, 1.165) is 29.5 Å². The first-order valence-electron chi connectivity index (χ1n) is 6.26. The number of hydrogen-bond donors (Lipinski definition) is 1. The SMILES string of the molecule is N#Cc1cc(Br)cc(NCCCc2ccccc2)c1. The zero-order chi connectivity index (χ0) is 13.5. The zero-order valence-electron chi connectivity index (χ0n) is 10.6. The highest BCUT2D eigenvalue weighted by Crippen LogP contribution is 2.19. The molecule has 19 heavy (non-hydrogen) atoms. The first-order valence-corrected chi connectivity index (χ1v) is 7.06. The zero-order valence-corrected chi connectivity index (χ0v) is 12.2. The topological polar surface area (TPSA) is 35.8 Å². The van der Waals surface area contributed by atoms with Crippen molar-refractivity contribution in [2.24, 2.45) is 0 Å². The van der Waals surface area contributed by atoms with Crippen molar-refractivity contribution in [2.45, 2.75) is 12.8 Å². The summed E-state index contributed by atoms with van der Waals surface area (Å²) in [5.41, 5.74) is 3.01. The molecule has 0 fully saturated rings. The Morgan fingerprint density at radius 1 is 1.11 bits per heavy atom. The minimum atomic E-state index is 0.667. The highest BCUT2D eigenvalue weighted by atomic mass is 79.9. The van der Waals surface area contributed by atoms with Crippen LogP contribution in [0.15, 0.2) is 53.0 Å². The average Bonchev–Trinajstić information content (AvgIpc) is 2.44. The van der Waals surface area contributed by atoms with Gasteiger partial charge in [-0.15, -0.1) is 0 Å². The summed E-state index contributed by atoms with van der Waals surface area (Å²) >= 11 is 3.41. The summed E-state index contributed by atoms with van der Waals surface area (Å²) in [6, 6.07) is 18.3. The molecule has 2 aromatic carbocycles. The van der Waals surface area contributed by atoms with Gasteiger partial charge in [-0.1, -0.05) is 46.3 Å². The summed E-state index contributed by atoms with van der Waals surface area (Å²) in [6.45, 7) is 0.899. The number of benzene rings is 2. The molecular formula is C16H15BrN2. The van der Waals surface area contributed by atoms with Crippen molar-refractivity contribution in [2.75, 3.05) is 11.9 Å². The Labute approximate surface area is 122 Å². The molecule has 2 rings (SSSR count). The minimum Gasteiger partial charge on any atom is -0.385 e. The summed E-state index contributed by atoms with van der Waals surface area (Å²) in [7, 11) is 0. The van der Waals surface area contributed by atoms with Crippen molar-refractivity contribution >= 4 is 21.6 Å². The molecule has 2 nitrogen and oxygen atoms in total. The molecule has 3 heteroatoms. The van der Waals surface area contributed by atoms with E-state index >= 15 is 0 Å². The van der Waals surface area contributed by atoms with E-state index in [0.29, 0.717) is 5.56 Å². The maximum Gasteiger partial charge on any atom is 0.0992 e. The molecule has 0 amide bonds. The quantitative estimate of drug-likeness (QED) is 0.832. The van der Waals surface area contributed by atoms with Crippen LogP contribution >= 0.6 is 15.9 Å². The van der Waals surface area contributed by atoms with Crippen LogP contribution in [-0.2, 0) is 6.42 Å². The molecular weight excluding hydrogens is 300 g/mol. The van der Waals surface area contributed by atoms with E-state index in [-0.39, 0.29) is 0 Å². The van der Waals surface area contributed by atoms with Gasteiger partial charge in [0.25, 0.3) is 0 Å². The van der Waals surface area contributed by atoms with Crippen LogP contribution in [0.2, 0.25) is 0 Å². The van der Waals surface area contributed by atoms with E-state index in [2.05, 4.69) is 51.6 Å². The van der Waals surface area contributed by atoms with Gasteiger partial charge in [0.05, 0.1) is 11.6 Å². The van der Waals surface area contributed by atoms with Crippen molar-refractivity contribution in [1.29, 1.82) is 5.26 Å². The third kappa shape index (κ3) is 4.42. The summed E-state index contributed by atoms with van der Waals surface area (Å²) in [5, 5.41) is 12.3. The van der Waals surface area contributed by atoms with Gasteiger partial charge in [-0.3, -0.25) is 0 Å². The maximum atomic E-state index is 8.91. The van der Waals surface area contributed by atoms with Crippen LogP contribution in [0.3, 0.4) is 0 Å². The monoisotopic (exact) mass is 314 g/mol. The lowest BCUT2D eigenvalue weighted by atomic mass is 10.1. The van der Waals surface area contributed by atoms with Crippen molar-refractivity contribution in [1.82, 2.24) is 0 Å². The number of nitrogens with one attached hydrogen (secondary N) is 1. The van der Waals surface area contributed by atoms with Gasteiger partial charge in [0.15, 0.2) is 0 Å². The Hall–Kier alpha value is -1.79. The molecule has 0 saturated heterocycles. The Balaban J connectivity index is 1.83. The third-order valence-electron chi connectivity index (χ3n) is 2.84. The highest BCUT2D eigenvalue weighted by Gasteiger charge is 1.98. The van der Waals surface area contributed by atoms with Gasteiger partial charge in [-0.25, -0.2) is 0 Å². The standard InChI is InChI=1S/C16H15BrN2/c17-15-9-14(12-18)10-16(11-15)19-8-4-7-13-5-2-1-3-6-13/h1-3,5-6,9-11,19H,4,7-8H2. The first kappa shape index (κ1) is 13.6. The molecule has 0 aromatic heterocycles. The lowest BCUT2D eigenvalue weighted by molar-refractivity contribution is 0.863. The summed E-state index contributed by atoms with van der Waals surface area (Å²) in [5.74, 6) is 0. The molecule has 0 saturated carbocycles. The normalized spacial score (nSPS) is 9.89. The predicted molar refractivity (Wildman–Crippen MR) is 82.1 cm³/mol. The number of rotatable bonds is 5. The third-order valence-corrected chi connectivity index (χ3v) is 3.30. The Bertz CT molecular complexity index is 573. The average molecular weight is 315 g/mol. The lowest BCUT2D eigenvalue weighted by Gasteiger charge is -2.07. The molecule has 0 bridgehead atoms. The Morgan fingerprint density at radius 3 is 2.63 bits per heavy atom. The molecule has 0 unspecified atom stereocenters. The van der Waals surface area contributed by atoms with Crippen LogP contribution in [0, 0.1) is 11.3 Å². The number of nitrogens with zero attached hydrogens (tertiary/aromatic N) is 1. The second-order valence-corrected chi connectivity index (χ2v) is 5.27. The second-order valence-electron chi connectivity index (χ2n) is 4.36. The fraction of sp³-hybridized carbons (Fsp3) is 0.188. The van der Waals surface area contributed by atoms with E-state index in [4.69, 9.17) is 5.26 Å². The van der Waals surface area contributed by atoms with Crippen LogP contribution in [0.4, 0.5) is 5.69 Å². The fourth-order valence-electron chi connectivity index (χ4n) is 1.93. The molecule has 0 aliphatic rings. The minimum absolute atomic E-state index is 0.667. The van der Waals surface area contributed by atoms with Crippen LogP contribution in [0.1, 0.15) is 17.5 Å². The van der Waals surface area contributed by atoms with Gasteiger partial charge in [-0.05, 0) is 36.6 Å². The maximum absolute atomic E-state index is 8.91. The molecule has 0 spiro atoms. The smallest absolute Gasteiger partial charge is 0.0992 e. The van der Waals surface area contributed by atoms with E-state index in [1.807, 2.05) is 24.3 Å². The van der Waals surface area contributed by atoms with E-state index in [9.17, 15) is 0 Å². The molecule has 0 atom stereocenters. The van der Waals surface area contributed by atoms with Crippen LogP contribution in [-0.4, -0.2) is 6.54 Å². The first-order chi connectivity index (χ1) is 9.28. The number of hydrogen-bond acceptors (Lipinski definition) is 2. The van der Waals surface area contributed by atoms with E-state index in [1.165, 1.54) is 5.56 Å². The molecule has 2 aromatic rings. The van der Waals surface area contributed by atoms with Gasteiger partial charge >= 0.3 is 0 Å². The molecule has 96 valence electrons. The van der Waals surface area contributed by atoms with Crippen molar-refractivity contribution in [3.05, 3.63) is 64.1 Å².